The molecule has 2 atom stereocenters. The number of amides is 1. The van der Waals surface area contributed by atoms with Crippen molar-refractivity contribution in [3.63, 3.8) is 0 Å². The number of hydrogen-bond acceptors (Lipinski definition) is 4. The van der Waals surface area contributed by atoms with E-state index in [0.717, 1.165) is 18.4 Å². The fourth-order valence-electron chi connectivity index (χ4n) is 4.81. The molecule has 1 amide bonds. The van der Waals surface area contributed by atoms with E-state index in [9.17, 15) is 13.2 Å². The molecule has 30 heavy (non-hydrogen) atoms. The van der Waals surface area contributed by atoms with E-state index >= 15 is 0 Å². The second-order valence-electron chi connectivity index (χ2n) is 8.62. The fraction of sp³-hybridized carbons (Fsp3) is 0.458. The quantitative estimate of drug-likeness (QED) is 0.606. The zero-order valence-electron chi connectivity index (χ0n) is 17.5. The minimum absolute atomic E-state index is 0.0375. The molecule has 0 N–H and O–H groups in total. The number of benzene rings is 2. The van der Waals surface area contributed by atoms with Crippen LogP contribution in [0.25, 0.3) is 0 Å². The summed E-state index contributed by atoms with van der Waals surface area (Å²) in [5.74, 6) is 0.127. The number of carbonyl (C=O) groups excluding carboxylic acids is 1. The summed E-state index contributed by atoms with van der Waals surface area (Å²) in [7, 11) is -3.35. The minimum Gasteiger partial charge on any atom is -0.336 e. The molecular formula is C24H29NO3S2. The molecule has 160 valence electrons. The first-order valence-corrected chi connectivity index (χ1v) is 13.1. The van der Waals surface area contributed by atoms with Gasteiger partial charge >= 0.3 is 0 Å². The van der Waals surface area contributed by atoms with Crippen molar-refractivity contribution in [1.82, 2.24) is 4.90 Å². The van der Waals surface area contributed by atoms with Gasteiger partial charge in [0.25, 0.3) is 0 Å². The van der Waals surface area contributed by atoms with E-state index in [2.05, 4.69) is 26.0 Å². The minimum atomic E-state index is -3.35. The third-order valence-corrected chi connectivity index (χ3v) is 9.35. The Morgan fingerprint density at radius 1 is 1.00 bits per heavy atom. The smallest absolute Gasteiger partial charge is 0.227 e. The molecule has 4 rings (SSSR count). The van der Waals surface area contributed by atoms with Crippen LogP contribution in [0, 0.1) is 0 Å². The highest BCUT2D eigenvalue weighted by atomic mass is 32.2. The number of fused-ring (bicyclic) bond motifs is 2. The van der Waals surface area contributed by atoms with E-state index in [-0.39, 0.29) is 18.0 Å². The first-order valence-electron chi connectivity index (χ1n) is 10.7. The van der Waals surface area contributed by atoms with Crippen LogP contribution < -0.4 is 0 Å². The summed E-state index contributed by atoms with van der Waals surface area (Å²) in [5.41, 5.74) is 1.02. The molecule has 2 aliphatic rings. The van der Waals surface area contributed by atoms with Gasteiger partial charge in [-0.1, -0.05) is 44.2 Å². The van der Waals surface area contributed by atoms with Crippen LogP contribution in [0.1, 0.15) is 45.1 Å². The molecule has 2 bridgehead atoms. The van der Waals surface area contributed by atoms with Gasteiger partial charge in [0.15, 0.2) is 9.84 Å². The first kappa shape index (κ1) is 21.4. The molecule has 4 nitrogen and oxygen atoms in total. The van der Waals surface area contributed by atoms with E-state index in [0.29, 0.717) is 29.4 Å². The van der Waals surface area contributed by atoms with E-state index in [1.54, 1.807) is 24.3 Å². The van der Waals surface area contributed by atoms with Crippen LogP contribution in [-0.4, -0.2) is 41.8 Å². The predicted molar refractivity (Wildman–Crippen MR) is 121 cm³/mol. The summed E-state index contributed by atoms with van der Waals surface area (Å²) in [4.78, 5) is 16.7. The molecule has 2 unspecified atom stereocenters. The molecule has 2 aromatic carbocycles. The largest absolute Gasteiger partial charge is 0.336 e. The Morgan fingerprint density at radius 3 is 2.17 bits per heavy atom. The van der Waals surface area contributed by atoms with E-state index in [1.165, 1.54) is 4.90 Å². The summed E-state index contributed by atoms with van der Waals surface area (Å²) >= 11 is 1.81. The highest BCUT2D eigenvalue weighted by Crippen LogP contribution is 2.40. The average molecular weight is 444 g/mol. The van der Waals surface area contributed by atoms with Crippen LogP contribution in [0.3, 0.4) is 0 Å². The Labute approximate surface area is 184 Å². The Balaban J connectivity index is 1.43. The summed E-state index contributed by atoms with van der Waals surface area (Å²) in [6, 6.07) is 17.0. The lowest BCUT2D eigenvalue weighted by Gasteiger charge is -2.38. The molecule has 0 radical (unpaired) electrons. The summed E-state index contributed by atoms with van der Waals surface area (Å²) in [6.45, 7) is 4.33. The first-order chi connectivity index (χ1) is 14.3. The lowest BCUT2D eigenvalue weighted by molar-refractivity contribution is -0.134. The number of sulfone groups is 1. The fourth-order valence-corrected chi connectivity index (χ4v) is 7.52. The maximum absolute atomic E-state index is 13.1. The van der Waals surface area contributed by atoms with Crippen LogP contribution in [0.2, 0.25) is 0 Å². The number of hydrogen-bond donors (Lipinski definition) is 0. The Hall–Kier alpha value is -1.79. The maximum Gasteiger partial charge on any atom is 0.227 e. The highest BCUT2D eigenvalue weighted by Gasteiger charge is 2.46. The predicted octanol–water partition coefficient (Wildman–Crippen LogP) is 4.73. The van der Waals surface area contributed by atoms with Crippen molar-refractivity contribution in [1.29, 1.82) is 0 Å². The van der Waals surface area contributed by atoms with Gasteiger partial charge in [-0.05, 0) is 55.5 Å². The Bertz CT molecular complexity index is 973. The van der Waals surface area contributed by atoms with Crippen molar-refractivity contribution in [2.45, 2.75) is 78.3 Å². The van der Waals surface area contributed by atoms with Gasteiger partial charge in [-0.3, -0.25) is 4.79 Å². The standard InChI is InChI=1S/C24H29NO3S2/c1-17(2)29-21-12-8-18(9-13-21)14-24(26)25-19-10-11-20(25)16-23(15-19)30(27,28)22-6-4-3-5-7-22/h3-9,12-13,17,19-20,23H,10-11,14-16H2,1-2H3. The molecule has 0 saturated carbocycles. The van der Waals surface area contributed by atoms with Gasteiger partial charge in [0.1, 0.15) is 0 Å². The average Bonchev–Trinajstić information content (AvgIpc) is 2.99. The maximum atomic E-state index is 13.1. The van der Waals surface area contributed by atoms with Gasteiger partial charge in [0.05, 0.1) is 16.6 Å². The van der Waals surface area contributed by atoms with Crippen LogP contribution in [0.15, 0.2) is 64.4 Å². The van der Waals surface area contributed by atoms with Crippen molar-refractivity contribution in [2.24, 2.45) is 0 Å². The zero-order chi connectivity index (χ0) is 21.3. The molecule has 2 aromatic rings. The Morgan fingerprint density at radius 2 is 1.60 bits per heavy atom. The number of nitrogens with zero attached hydrogens (tertiary/aromatic N) is 1. The molecule has 0 spiro atoms. The van der Waals surface area contributed by atoms with E-state index < -0.39 is 15.1 Å². The molecule has 0 aliphatic carbocycles. The van der Waals surface area contributed by atoms with Gasteiger partial charge in [0, 0.05) is 22.2 Å². The molecule has 2 aliphatic heterocycles. The van der Waals surface area contributed by atoms with Gasteiger partial charge in [-0.2, -0.15) is 0 Å². The van der Waals surface area contributed by atoms with Crippen LogP contribution in [0.4, 0.5) is 0 Å². The number of rotatable bonds is 6. The van der Waals surface area contributed by atoms with Crippen LogP contribution >= 0.6 is 11.8 Å². The number of carbonyl (C=O) groups is 1. The number of piperidine rings is 1. The molecular weight excluding hydrogens is 414 g/mol. The molecule has 6 heteroatoms. The number of thioether (sulfide) groups is 1. The molecule has 2 saturated heterocycles. The van der Waals surface area contributed by atoms with Crippen molar-refractivity contribution < 1.29 is 13.2 Å². The SMILES string of the molecule is CC(C)Sc1ccc(CC(=O)N2C3CCC2CC(S(=O)(=O)c2ccccc2)C3)cc1. The van der Waals surface area contributed by atoms with Crippen LogP contribution in [0.5, 0.6) is 0 Å². The second kappa shape index (κ2) is 8.75. The van der Waals surface area contributed by atoms with Gasteiger partial charge in [-0.25, -0.2) is 8.42 Å². The van der Waals surface area contributed by atoms with Crippen molar-refractivity contribution in [3.8, 4) is 0 Å². The third kappa shape index (κ3) is 4.45. The normalized spacial score (nSPS) is 23.7. The van der Waals surface area contributed by atoms with E-state index in [4.69, 9.17) is 0 Å². The summed E-state index contributed by atoms with van der Waals surface area (Å²) < 4.78 is 26.2. The lowest BCUT2D eigenvalue weighted by atomic mass is 10.0. The molecule has 2 fully saturated rings. The van der Waals surface area contributed by atoms with Crippen LogP contribution in [-0.2, 0) is 21.1 Å². The summed E-state index contributed by atoms with van der Waals surface area (Å²) in [5, 5.41) is 0.135. The third-order valence-electron chi connectivity index (χ3n) is 6.14. The monoisotopic (exact) mass is 443 g/mol. The highest BCUT2D eigenvalue weighted by molar-refractivity contribution is 7.99. The molecule has 2 heterocycles. The Kier molecular flexibility index (Phi) is 6.26. The molecule has 0 aromatic heterocycles. The second-order valence-corrected chi connectivity index (χ2v) is 12.5. The van der Waals surface area contributed by atoms with Gasteiger partial charge in [-0.15, -0.1) is 11.8 Å². The van der Waals surface area contributed by atoms with Gasteiger partial charge in [0.2, 0.25) is 5.91 Å². The van der Waals surface area contributed by atoms with Crippen molar-refractivity contribution in [2.75, 3.05) is 0 Å². The zero-order valence-corrected chi connectivity index (χ0v) is 19.2. The topological polar surface area (TPSA) is 54.5 Å². The van der Waals surface area contributed by atoms with Gasteiger partial charge < -0.3 is 4.90 Å². The van der Waals surface area contributed by atoms with Crippen molar-refractivity contribution >= 4 is 27.5 Å². The van der Waals surface area contributed by atoms with Crippen molar-refractivity contribution in [3.05, 3.63) is 60.2 Å². The van der Waals surface area contributed by atoms with E-state index in [1.807, 2.05) is 34.9 Å². The summed E-state index contributed by atoms with van der Waals surface area (Å²) in [6.07, 6.45) is 3.28. The lowest BCUT2D eigenvalue weighted by Crippen LogP contribution is -2.50.